The third-order valence-corrected chi connectivity index (χ3v) is 4.95. The lowest BCUT2D eigenvalue weighted by atomic mass is 10.0. The Morgan fingerprint density at radius 1 is 1.15 bits per heavy atom. The molecule has 1 aromatic heterocycles. The summed E-state index contributed by atoms with van der Waals surface area (Å²) in [5, 5.41) is 8.15. The number of rotatable bonds is 5. The van der Waals surface area contributed by atoms with Crippen LogP contribution in [0, 0.1) is 5.82 Å². The fourth-order valence-electron chi connectivity index (χ4n) is 3.58. The van der Waals surface area contributed by atoms with Gasteiger partial charge in [0.1, 0.15) is 11.6 Å². The Balaban J connectivity index is 1.54. The molecule has 140 valence electrons. The van der Waals surface area contributed by atoms with Crippen molar-refractivity contribution in [3.8, 4) is 11.4 Å². The molecule has 4 rings (SSSR count). The average Bonchev–Trinajstić information content (AvgIpc) is 3.17. The number of piperazine rings is 1. The first-order valence-electron chi connectivity index (χ1n) is 9.13. The van der Waals surface area contributed by atoms with E-state index in [-0.39, 0.29) is 11.9 Å². The zero-order chi connectivity index (χ0) is 18.6. The van der Waals surface area contributed by atoms with Crippen molar-refractivity contribution in [3.05, 3.63) is 77.9 Å². The first-order chi connectivity index (χ1) is 13.2. The summed E-state index contributed by atoms with van der Waals surface area (Å²) in [6.45, 7) is 3.51. The summed E-state index contributed by atoms with van der Waals surface area (Å²) in [4.78, 5) is 2.42. The summed E-state index contributed by atoms with van der Waals surface area (Å²) in [5.41, 5.74) is 3.02. The van der Waals surface area contributed by atoms with E-state index in [9.17, 15) is 4.39 Å². The second-order valence-corrected chi connectivity index (χ2v) is 6.66. The third kappa shape index (κ3) is 3.86. The number of nitrogens with one attached hydrogen (secondary N) is 1. The number of methoxy groups -OCH3 is 1. The van der Waals surface area contributed by atoms with E-state index in [0.29, 0.717) is 0 Å². The summed E-state index contributed by atoms with van der Waals surface area (Å²) < 4.78 is 20.5. The van der Waals surface area contributed by atoms with Crippen LogP contribution >= 0.6 is 0 Å². The van der Waals surface area contributed by atoms with Crippen LogP contribution in [0.3, 0.4) is 0 Å². The summed E-state index contributed by atoms with van der Waals surface area (Å²) in [7, 11) is 1.71. The van der Waals surface area contributed by atoms with Crippen LogP contribution in [-0.4, -0.2) is 41.4 Å². The van der Waals surface area contributed by atoms with Gasteiger partial charge in [0.15, 0.2) is 0 Å². The minimum absolute atomic E-state index is 0.228. The van der Waals surface area contributed by atoms with Gasteiger partial charge in [-0.2, -0.15) is 5.10 Å². The van der Waals surface area contributed by atoms with E-state index in [1.807, 2.05) is 30.5 Å². The van der Waals surface area contributed by atoms with E-state index in [1.165, 1.54) is 17.7 Å². The molecule has 1 fully saturated rings. The number of ether oxygens (including phenoxy) is 1. The van der Waals surface area contributed by atoms with Gasteiger partial charge in [-0.3, -0.25) is 4.90 Å². The number of halogens is 1. The molecule has 2 aromatic carbocycles. The van der Waals surface area contributed by atoms with Crippen molar-refractivity contribution in [2.75, 3.05) is 26.7 Å². The molecule has 0 amide bonds. The summed E-state index contributed by atoms with van der Waals surface area (Å²) in [6, 6.07) is 16.8. The van der Waals surface area contributed by atoms with Gasteiger partial charge in [0, 0.05) is 37.9 Å². The third-order valence-electron chi connectivity index (χ3n) is 4.95. The molecule has 1 unspecified atom stereocenters. The molecule has 0 spiro atoms. The Morgan fingerprint density at radius 2 is 1.96 bits per heavy atom. The van der Waals surface area contributed by atoms with Crippen LogP contribution < -0.4 is 10.1 Å². The Kier molecular flexibility index (Phi) is 5.18. The van der Waals surface area contributed by atoms with Crippen LogP contribution in [0.4, 0.5) is 4.39 Å². The average molecular weight is 366 g/mol. The smallest absolute Gasteiger partial charge is 0.123 e. The molecule has 27 heavy (non-hydrogen) atoms. The molecule has 0 radical (unpaired) electrons. The van der Waals surface area contributed by atoms with Crippen molar-refractivity contribution in [1.82, 2.24) is 20.0 Å². The predicted octanol–water partition coefficient (Wildman–Crippen LogP) is 3.17. The van der Waals surface area contributed by atoms with Gasteiger partial charge >= 0.3 is 0 Å². The van der Waals surface area contributed by atoms with Crippen molar-refractivity contribution in [3.63, 3.8) is 0 Å². The van der Waals surface area contributed by atoms with E-state index in [0.717, 1.165) is 43.3 Å². The van der Waals surface area contributed by atoms with Gasteiger partial charge in [0.05, 0.1) is 24.5 Å². The molecule has 1 aliphatic heterocycles. The fraction of sp³-hybridized carbons (Fsp3) is 0.286. The van der Waals surface area contributed by atoms with E-state index in [4.69, 9.17) is 4.74 Å². The van der Waals surface area contributed by atoms with Crippen molar-refractivity contribution in [1.29, 1.82) is 0 Å². The maximum atomic E-state index is 13.1. The van der Waals surface area contributed by atoms with Gasteiger partial charge in [0.25, 0.3) is 0 Å². The Labute approximate surface area is 158 Å². The molecule has 0 bridgehead atoms. The van der Waals surface area contributed by atoms with Gasteiger partial charge in [-0.1, -0.05) is 18.2 Å². The highest BCUT2D eigenvalue weighted by Gasteiger charge is 2.26. The zero-order valence-electron chi connectivity index (χ0n) is 15.3. The lowest BCUT2D eigenvalue weighted by Crippen LogP contribution is -2.45. The van der Waals surface area contributed by atoms with Crippen molar-refractivity contribution >= 4 is 0 Å². The lowest BCUT2D eigenvalue weighted by Gasteiger charge is -2.36. The molecular formula is C21H23FN4O. The fourth-order valence-corrected chi connectivity index (χ4v) is 3.58. The van der Waals surface area contributed by atoms with Gasteiger partial charge in [-0.25, -0.2) is 9.07 Å². The van der Waals surface area contributed by atoms with Gasteiger partial charge in [-0.15, -0.1) is 0 Å². The molecular weight excluding hydrogens is 343 g/mol. The Morgan fingerprint density at radius 3 is 2.78 bits per heavy atom. The highest BCUT2D eigenvalue weighted by Crippen LogP contribution is 2.31. The normalized spacial score (nSPS) is 17.8. The lowest BCUT2D eigenvalue weighted by molar-refractivity contribution is 0.149. The molecule has 0 aliphatic carbocycles. The van der Waals surface area contributed by atoms with Crippen molar-refractivity contribution in [2.45, 2.75) is 12.6 Å². The summed E-state index contributed by atoms with van der Waals surface area (Å²) in [6.07, 6.45) is 1.92. The van der Waals surface area contributed by atoms with Gasteiger partial charge < -0.3 is 10.1 Å². The van der Waals surface area contributed by atoms with E-state index >= 15 is 0 Å². The van der Waals surface area contributed by atoms with E-state index in [1.54, 1.807) is 23.9 Å². The van der Waals surface area contributed by atoms with Crippen LogP contribution in [0.1, 0.15) is 17.3 Å². The van der Waals surface area contributed by atoms with Crippen LogP contribution in [0.5, 0.6) is 5.75 Å². The van der Waals surface area contributed by atoms with Crippen molar-refractivity contribution in [2.24, 2.45) is 0 Å². The van der Waals surface area contributed by atoms with E-state index < -0.39 is 0 Å². The summed E-state index contributed by atoms with van der Waals surface area (Å²) >= 11 is 0. The maximum Gasteiger partial charge on any atom is 0.123 e. The standard InChI is InChI=1S/C21H23FN4O/c1-27-21-5-3-2-4-19(21)20-14-23-11-13-25(20)15-17-10-12-26(24-17)18-8-6-16(22)7-9-18/h2-10,12,20,23H,11,13-15H2,1H3. The summed E-state index contributed by atoms with van der Waals surface area (Å²) in [5.74, 6) is 0.666. The second kappa shape index (κ2) is 7.90. The molecule has 5 nitrogen and oxygen atoms in total. The minimum Gasteiger partial charge on any atom is -0.496 e. The second-order valence-electron chi connectivity index (χ2n) is 6.66. The maximum absolute atomic E-state index is 13.1. The molecule has 1 N–H and O–H groups in total. The van der Waals surface area contributed by atoms with Crippen LogP contribution in [0.2, 0.25) is 0 Å². The Bertz CT molecular complexity index is 893. The quantitative estimate of drug-likeness (QED) is 0.753. The number of nitrogens with zero attached hydrogens (tertiary/aromatic N) is 3. The van der Waals surface area contributed by atoms with Crippen LogP contribution in [-0.2, 0) is 6.54 Å². The van der Waals surface area contributed by atoms with Gasteiger partial charge in [0.2, 0.25) is 0 Å². The molecule has 6 heteroatoms. The first kappa shape index (κ1) is 17.7. The predicted molar refractivity (Wildman–Crippen MR) is 103 cm³/mol. The number of hydrogen-bond acceptors (Lipinski definition) is 4. The molecule has 1 saturated heterocycles. The molecule has 3 aromatic rings. The topological polar surface area (TPSA) is 42.3 Å². The van der Waals surface area contributed by atoms with Crippen molar-refractivity contribution < 1.29 is 9.13 Å². The highest BCUT2D eigenvalue weighted by molar-refractivity contribution is 5.36. The number of aromatic nitrogens is 2. The van der Waals surface area contributed by atoms with Crippen LogP contribution in [0.25, 0.3) is 5.69 Å². The molecule has 0 saturated carbocycles. The Hall–Kier alpha value is -2.70. The number of hydrogen-bond donors (Lipinski definition) is 1. The molecule has 1 atom stereocenters. The molecule has 2 heterocycles. The zero-order valence-corrected chi connectivity index (χ0v) is 15.3. The van der Waals surface area contributed by atoms with Crippen LogP contribution in [0.15, 0.2) is 60.8 Å². The monoisotopic (exact) mass is 366 g/mol. The first-order valence-corrected chi connectivity index (χ1v) is 9.13. The molecule has 1 aliphatic rings. The highest BCUT2D eigenvalue weighted by atomic mass is 19.1. The number of benzene rings is 2. The SMILES string of the molecule is COc1ccccc1C1CNCCN1Cc1ccn(-c2ccc(F)cc2)n1. The van der Waals surface area contributed by atoms with Gasteiger partial charge in [-0.05, 0) is 36.4 Å². The van der Waals surface area contributed by atoms with E-state index in [2.05, 4.69) is 21.4 Å². The largest absolute Gasteiger partial charge is 0.496 e. The number of para-hydroxylation sites is 1. The minimum atomic E-state index is -0.244.